The molecule has 4 nitrogen and oxygen atoms in total. The molecule has 0 heterocycles. The molecular formula is C12H18FN3O. The average molecular weight is 239 g/mol. The molecule has 0 saturated carbocycles. The Morgan fingerprint density at radius 1 is 1.47 bits per heavy atom. The average Bonchev–Trinajstić information content (AvgIpc) is 2.19. The van der Waals surface area contributed by atoms with E-state index in [1.165, 1.54) is 6.07 Å². The van der Waals surface area contributed by atoms with Crippen molar-refractivity contribution in [1.82, 2.24) is 4.90 Å². The highest BCUT2D eigenvalue weighted by molar-refractivity contribution is 5.75. The maximum Gasteiger partial charge on any atom is 0.231 e. The molecule has 1 amide bonds. The quantitative estimate of drug-likeness (QED) is 0.791. The second-order valence-corrected chi connectivity index (χ2v) is 4.21. The van der Waals surface area contributed by atoms with Crippen molar-refractivity contribution in [2.75, 3.05) is 13.6 Å². The van der Waals surface area contributed by atoms with Crippen LogP contribution in [0.1, 0.15) is 18.5 Å². The van der Waals surface area contributed by atoms with Crippen LogP contribution < -0.4 is 11.5 Å². The lowest BCUT2D eigenvalue weighted by molar-refractivity contribution is -0.119. The monoisotopic (exact) mass is 239 g/mol. The summed E-state index contributed by atoms with van der Waals surface area (Å²) >= 11 is 0. The molecule has 1 aromatic carbocycles. The lowest BCUT2D eigenvalue weighted by atomic mass is 9.99. The number of primary amides is 1. The molecule has 0 bridgehead atoms. The molecule has 1 rings (SSSR count). The van der Waals surface area contributed by atoms with E-state index in [2.05, 4.69) is 0 Å². The van der Waals surface area contributed by atoms with Crippen molar-refractivity contribution in [2.45, 2.75) is 19.0 Å². The maximum absolute atomic E-state index is 13.7. The number of hydrogen-bond donors (Lipinski definition) is 2. The molecule has 1 aromatic rings. The van der Waals surface area contributed by atoms with Gasteiger partial charge in [0, 0.05) is 11.6 Å². The fourth-order valence-electron chi connectivity index (χ4n) is 1.98. The van der Waals surface area contributed by atoms with Crippen LogP contribution >= 0.6 is 0 Å². The van der Waals surface area contributed by atoms with E-state index in [1.54, 1.807) is 37.1 Å². The number of halogens is 1. The predicted octanol–water partition coefficient (Wildman–Crippen LogP) is 0.631. The predicted molar refractivity (Wildman–Crippen MR) is 64.6 cm³/mol. The molecular weight excluding hydrogens is 221 g/mol. The van der Waals surface area contributed by atoms with Crippen LogP contribution in [0.25, 0.3) is 0 Å². The normalized spacial score (nSPS) is 14.6. The molecule has 0 aliphatic rings. The number of nitrogens with two attached hydrogens (primary N) is 2. The van der Waals surface area contributed by atoms with Crippen LogP contribution in [-0.4, -0.2) is 30.4 Å². The van der Waals surface area contributed by atoms with Gasteiger partial charge >= 0.3 is 0 Å². The van der Waals surface area contributed by atoms with E-state index in [4.69, 9.17) is 11.5 Å². The molecule has 5 heteroatoms. The highest BCUT2D eigenvalue weighted by Crippen LogP contribution is 2.24. The summed E-state index contributed by atoms with van der Waals surface area (Å²) in [7, 11) is 1.70. The minimum Gasteiger partial charge on any atom is -0.369 e. The molecule has 0 spiro atoms. The molecule has 4 N–H and O–H groups in total. The molecule has 0 aromatic heterocycles. The van der Waals surface area contributed by atoms with Gasteiger partial charge in [0.15, 0.2) is 0 Å². The van der Waals surface area contributed by atoms with Gasteiger partial charge in [-0.05, 0) is 20.0 Å². The summed E-state index contributed by atoms with van der Waals surface area (Å²) < 4.78 is 13.7. The summed E-state index contributed by atoms with van der Waals surface area (Å²) in [5.41, 5.74) is 11.5. The van der Waals surface area contributed by atoms with Gasteiger partial charge in [-0.15, -0.1) is 0 Å². The van der Waals surface area contributed by atoms with Crippen molar-refractivity contribution >= 4 is 5.91 Å². The summed E-state index contributed by atoms with van der Waals surface area (Å²) in [6.45, 7) is 1.81. The van der Waals surface area contributed by atoms with E-state index in [0.29, 0.717) is 5.56 Å². The zero-order valence-electron chi connectivity index (χ0n) is 10.1. The van der Waals surface area contributed by atoms with Crippen molar-refractivity contribution in [2.24, 2.45) is 11.5 Å². The van der Waals surface area contributed by atoms with E-state index in [1.807, 2.05) is 0 Å². The van der Waals surface area contributed by atoms with Crippen molar-refractivity contribution in [1.29, 1.82) is 0 Å². The molecule has 2 unspecified atom stereocenters. The number of likely N-dealkylation sites (N-methyl/N-ethyl adjacent to an activating group) is 1. The van der Waals surface area contributed by atoms with Crippen LogP contribution in [0.5, 0.6) is 0 Å². The van der Waals surface area contributed by atoms with Gasteiger partial charge in [-0.25, -0.2) is 4.39 Å². The summed E-state index contributed by atoms with van der Waals surface area (Å²) in [5, 5.41) is 0. The Morgan fingerprint density at radius 2 is 2.06 bits per heavy atom. The summed E-state index contributed by atoms with van der Waals surface area (Å²) in [6.07, 6.45) is 0. The minimum atomic E-state index is -0.463. The molecule has 94 valence electrons. The summed E-state index contributed by atoms with van der Waals surface area (Å²) in [5.74, 6) is -0.791. The third-order valence-corrected chi connectivity index (χ3v) is 2.60. The highest BCUT2D eigenvalue weighted by Gasteiger charge is 2.24. The second kappa shape index (κ2) is 5.75. The van der Waals surface area contributed by atoms with Crippen molar-refractivity contribution in [3.05, 3.63) is 35.6 Å². The Bertz CT molecular complexity index is 395. The Hall–Kier alpha value is -1.46. The first-order valence-electron chi connectivity index (χ1n) is 5.42. The van der Waals surface area contributed by atoms with Gasteiger partial charge in [-0.3, -0.25) is 9.69 Å². The highest BCUT2D eigenvalue weighted by atomic mass is 19.1. The fraction of sp³-hybridized carbons (Fsp3) is 0.417. The Kier molecular flexibility index (Phi) is 4.60. The first kappa shape index (κ1) is 13.6. The van der Waals surface area contributed by atoms with Crippen LogP contribution in [0.2, 0.25) is 0 Å². The minimum absolute atomic E-state index is 0.0422. The molecule has 0 aliphatic carbocycles. The number of amides is 1. The Labute approximate surface area is 100 Å². The maximum atomic E-state index is 13.7. The number of hydrogen-bond acceptors (Lipinski definition) is 3. The zero-order chi connectivity index (χ0) is 13.0. The van der Waals surface area contributed by atoms with Crippen molar-refractivity contribution < 1.29 is 9.18 Å². The first-order valence-corrected chi connectivity index (χ1v) is 5.42. The smallest absolute Gasteiger partial charge is 0.231 e. The van der Waals surface area contributed by atoms with Crippen LogP contribution in [0.15, 0.2) is 24.3 Å². The third-order valence-electron chi connectivity index (χ3n) is 2.60. The largest absolute Gasteiger partial charge is 0.369 e. The van der Waals surface area contributed by atoms with Gasteiger partial charge in [0.1, 0.15) is 5.82 Å². The van der Waals surface area contributed by atoms with E-state index in [-0.39, 0.29) is 24.4 Å². The lowest BCUT2D eigenvalue weighted by Crippen LogP contribution is -2.41. The van der Waals surface area contributed by atoms with Gasteiger partial charge in [0.2, 0.25) is 5.91 Å². The standard InChI is InChI=1S/C12H18FN3O/c1-8(14)12(16(2)7-11(15)17)9-5-3-4-6-10(9)13/h3-6,8,12H,7,14H2,1-2H3,(H2,15,17). The number of carbonyl (C=O) groups excluding carboxylic acids is 1. The van der Waals surface area contributed by atoms with Gasteiger partial charge in [0.05, 0.1) is 12.6 Å². The van der Waals surface area contributed by atoms with Gasteiger partial charge in [-0.2, -0.15) is 0 Å². The fourth-order valence-corrected chi connectivity index (χ4v) is 1.98. The Morgan fingerprint density at radius 3 is 2.53 bits per heavy atom. The second-order valence-electron chi connectivity index (χ2n) is 4.21. The molecule has 2 atom stereocenters. The SMILES string of the molecule is CC(N)C(c1ccccc1F)N(C)CC(N)=O. The van der Waals surface area contributed by atoms with Crippen LogP contribution in [0.4, 0.5) is 4.39 Å². The van der Waals surface area contributed by atoms with Gasteiger partial charge in [-0.1, -0.05) is 18.2 Å². The number of carbonyl (C=O) groups is 1. The summed E-state index contributed by atoms with van der Waals surface area (Å²) in [6, 6.07) is 5.72. The van der Waals surface area contributed by atoms with E-state index < -0.39 is 5.91 Å². The molecule has 0 radical (unpaired) electrons. The van der Waals surface area contributed by atoms with Crippen molar-refractivity contribution in [3.63, 3.8) is 0 Å². The van der Waals surface area contributed by atoms with Crippen LogP contribution in [0, 0.1) is 5.82 Å². The van der Waals surface area contributed by atoms with E-state index >= 15 is 0 Å². The van der Waals surface area contributed by atoms with Crippen molar-refractivity contribution in [3.8, 4) is 0 Å². The first-order chi connectivity index (χ1) is 7.93. The molecule has 0 fully saturated rings. The topological polar surface area (TPSA) is 72.3 Å². The summed E-state index contributed by atoms with van der Waals surface area (Å²) in [4.78, 5) is 12.6. The van der Waals surface area contributed by atoms with Gasteiger partial charge in [0.25, 0.3) is 0 Å². The third kappa shape index (κ3) is 3.51. The number of benzene rings is 1. The number of nitrogens with zero attached hydrogens (tertiary/aromatic N) is 1. The van der Waals surface area contributed by atoms with Crippen LogP contribution in [-0.2, 0) is 4.79 Å². The van der Waals surface area contributed by atoms with E-state index in [9.17, 15) is 9.18 Å². The molecule has 17 heavy (non-hydrogen) atoms. The molecule has 0 aliphatic heterocycles. The van der Waals surface area contributed by atoms with E-state index in [0.717, 1.165) is 0 Å². The molecule has 0 saturated heterocycles. The van der Waals surface area contributed by atoms with Gasteiger partial charge < -0.3 is 11.5 Å². The Balaban J connectivity index is 3.01. The van der Waals surface area contributed by atoms with Crippen LogP contribution in [0.3, 0.4) is 0 Å². The number of rotatable bonds is 5. The lowest BCUT2D eigenvalue weighted by Gasteiger charge is -2.30. The zero-order valence-corrected chi connectivity index (χ0v) is 10.1.